The smallest absolute Gasteiger partial charge is 0.348 e. The van der Waals surface area contributed by atoms with Crippen LogP contribution < -0.4 is 0 Å². The third-order valence-corrected chi connectivity index (χ3v) is 4.92. The van der Waals surface area contributed by atoms with Gasteiger partial charge in [-0.1, -0.05) is 6.92 Å². The third kappa shape index (κ3) is 5.12. The first-order valence-electron chi connectivity index (χ1n) is 5.77. The largest absolute Gasteiger partial charge is 0.368 e. The molecule has 9 heteroatoms. The lowest BCUT2D eigenvalue weighted by atomic mass is 10.00. The zero-order valence-electron chi connectivity index (χ0n) is 11.3. The zero-order chi connectivity index (χ0) is 14.8. The molecule has 0 bridgehead atoms. The van der Waals surface area contributed by atoms with Crippen molar-refractivity contribution in [3.05, 3.63) is 11.9 Å². The van der Waals surface area contributed by atoms with Gasteiger partial charge in [0, 0.05) is 25.5 Å². The third-order valence-electron chi connectivity index (χ3n) is 3.07. The highest BCUT2D eigenvalue weighted by Gasteiger charge is 2.42. The average Bonchev–Trinajstić information content (AvgIpc) is 2.53. The van der Waals surface area contributed by atoms with Crippen LogP contribution in [0.5, 0.6) is 0 Å². The number of hydrogen-bond acceptors (Lipinski definition) is 5. The first-order valence-corrected chi connectivity index (χ1v) is 9.44. The Bertz CT molecular complexity index is 430. The van der Waals surface area contributed by atoms with Crippen LogP contribution >= 0.6 is 15.2 Å². The minimum Gasteiger partial charge on any atom is -0.368 e. The van der Waals surface area contributed by atoms with Crippen molar-refractivity contribution in [1.82, 2.24) is 0 Å². The van der Waals surface area contributed by atoms with E-state index in [9.17, 15) is 9.13 Å². The molecule has 7 nitrogen and oxygen atoms in total. The van der Waals surface area contributed by atoms with E-state index in [-0.39, 0.29) is 12.0 Å². The highest BCUT2D eigenvalue weighted by molar-refractivity contribution is 7.55. The molecule has 0 aromatic rings. The van der Waals surface area contributed by atoms with Crippen molar-refractivity contribution in [2.45, 2.75) is 32.2 Å². The van der Waals surface area contributed by atoms with Gasteiger partial charge in [-0.3, -0.25) is 9.13 Å². The van der Waals surface area contributed by atoms with E-state index in [1.54, 1.807) is 0 Å². The maximum absolute atomic E-state index is 11.9. The molecule has 2 unspecified atom stereocenters. The summed E-state index contributed by atoms with van der Waals surface area (Å²) >= 11 is 0. The molecule has 0 spiro atoms. The van der Waals surface area contributed by atoms with Crippen molar-refractivity contribution in [1.29, 1.82) is 0 Å². The van der Waals surface area contributed by atoms with Crippen LogP contribution in [0.3, 0.4) is 0 Å². The van der Waals surface area contributed by atoms with Crippen LogP contribution in [0.15, 0.2) is 11.9 Å². The molecule has 0 saturated carbocycles. The Hall–Kier alpha value is -0.0000000000000000694. The van der Waals surface area contributed by atoms with Crippen LogP contribution in [-0.4, -0.2) is 41.9 Å². The van der Waals surface area contributed by atoms with Gasteiger partial charge in [0.05, 0.1) is 6.10 Å². The monoisotopic (exact) mass is 314 g/mol. The van der Waals surface area contributed by atoms with E-state index in [0.717, 1.165) is 5.82 Å². The number of ether oxygens (including phenoxy) is 1. The molecule has 19 heavy (non-hydrogen) atoms. The van der Waals surface area contributed by atoms with Crippen molar-refractivity contribution < 1.29 is 32.7 Å². The normalized spacial score (nSPS) is 35.7. The topological polar surface area (TPSA) is 102 Å². The lowest BCUT2D eigenvalue weighted by Crippen LogP contribution is -2.27. The molecule has 0 radical (unpaired) electrons. The van der Waals surface area contributed by atoms with E-state index >= 15 is 0 Å². The summed E-state index contributed by atoms with van der Waals surface area (Å²) in [5.41, 5.74) is 0. The molecule has 2 N–H and O–H groups in total. The fraction of sp³-hybridized carbons (Fsp3) is 0.800. The van der Waals surface area contributed by atoms with Crippen LogP contribution in [0.4, 0.5) is 0 Å². The zero-order valence-corrected chi connectivity index (χ0v) is 13.1. The summed E-state index contributed by atoms with van der Waals surface area (Å²) in [4.78, 5) is 17.6. The standard InChI is InChI=1S/C10H20O7P2/c1-7-8(2)16-9(5-6-19(12,13)14)10(7)17-18(4,11)15-3/h5-10H,1-4H3,(H2,12,13,14)/b6-5+/t7-,8-,9?,10-,18?/m0/s1. The van der Waals surface area contributed by atoms with Crippen molar-refractivity contribution >= 4 is 15.2 Å². The summed E-state index contributed by atoms with van der Waals surface area (Å²) in [6.07, 6.45) is -0.163. The second kappa shape index (κ2) is 6.19. The summed E-state index contributed by atoms with van der Waals surface area (Å²) < 4.78 is 38.4. The molecule has 1 fully saturated rings. The molecular formula is C10H20O7P2. The van der Waals surface area contributed by atoms with Gasteiger partial charge < -0.3 is 23.6 Å². The van der Waals surface area contributed by atoms with Gasteiger partial charge in [0.25, 0.3) is 0 Å². The SMILES string of the molecule is COP(C)(=O)O[C@@H]1C(/C=C/P(=O)(O)O)O[C@@H](C)[C@@H]1C. The van der Waals surface area contributed by atoms with Crippen LogP contribution in [0, 0.1) is 5.92 Å². The van der Waals surface area contributed by atoms with E-state index in [1.807, 2.05) is 13.8 Å². The molecule has 0 aromatic heterocycles. The summed E-state index contributed by atoms with van der Waals surface area (Å²) in [5, 5.41) is 0. The molecule has 1 aliphatic heterocycles. The van der Waals surface area contributed by atoms with Crippen LogP contribution in [0.25, 0.3) is 0 Å². The lowest BCUT2D eigenvalue weighted by Gasteiger charge is -2.22. The van der Waals surface area contributed by atoms with E-state index < -0.39 is 27.4 Å². The maximum Gasteiger partial charge on any atom is 0.348 e. The van der Waals surface area contributed by atoms with Gasteiger partial charge in [-0.2, -0.15) is 0 Å². The molecular weight excluding hydrogens is 294 g/mol. The van der Waals surface area contributed by atoms with Gasteiger partial charge in [0.15, 0.2) is 0 Å². The lowest BCUT2D eigenvalue weighted by molar-refractivity contribution is 0.0498. The van der Waals surface area contributed by atoms with Gasteiger partial charge in [-0.05, 0) is 13.0 Å². The summed E-state index contributed by atoms with van der Waals surface area (Å²) in [6.45, 7) is 5.02. The van der Waals surface area contributed by atoms with E-state index in [0.29, 0.717) is 0 Å². The highest BCUT2D eigenvalue weighted by atomic mass is 31.2. The predicted octanol–water partition coefficient (Wildman–Crippen LogP) is 1.96. The predicted molar refractivity (Wildman–Crippen MR) is 70.1 cm³/mol. The van der Waals surface area contributed by atoms with E-state index in [1.165, 1.54) is 19.9 Å². The van der Waals surface area contributed by atoms with Crippen LogP contribution in [0.2, 0.25) is 0 Å². The fourth-order valence-electron chi connectivity index (χ4n) is 1.79. The molecule has 5 atom stereocenters. The van der Waals surface area contributed by atoms with Crippen molar-refractivity contribution in [3.63, 3.8) is 0 Å². The Morgan fingerprint density at radius 1 is 1.26 bits per heavy atom. The van der Waals surface area contributed by atoms with Gasteiger partial charge >= 0.3 is 15.2 Å². The summed E-state index contributed by atoms with van der Waals surface area (Å²) in [6, 6.07) is 0. The first kappa shape index (κ1) is 17.1. The Kier molecular flexibility index (Phi) is 5.55. The van der Waals surface area contributed by atoms with E-state index in [2.05, 4.69) is 0 Å². The quantitative estimate of drug-likeness (QED) is 0.748. The van der Waals surface area contributed by atoms with E-state index in [4.69, 9.17) is 23.6 Å². The van der Waals surface area contributed by atoms with Crippen LogP contribution in [0.1, 0.15) is 13.8 Å². The first-order chi connectivity index (χ1) is 8.56. The maximum atomic E-state index is 11.9. The molecule has 0 aromatic carbocycles. The van der Waals surface area contributed by atoms with Crippen molar-refractivity contribution in [2.24, 2.45) is 5.92 Å². The van der Waals surface area contributed by atoms with Gasteiger partial charge in [0.1, 0.15) is 12.2 Å². The molecule has 0 amide bonds. The second-order valence-corrected chi connectivity index (χ2v) is 8.21. The molecule has 1 heterocycles. The number of hydrogen-bond donors (Lipinski definition) is 2. The fourth-order valence-corrected chi connectivity index (χ4v) is 3.02. The minimum absolute atomic E-state index is 0.0742. The molecule has 1 saturated heterocycles. The van der Waals surface area contributed by atoms with Crippen LogP contribution in [-0.2, 0) is 22.9 Å². The van der Waals surface area contributed by atoms with Gasteiger partial charge in [-0.15, -0.1) is 0 Å². The summed E-state index contributed by atoms with van der Waals surface area (Å²) in [7, 11) is -6.17. The molecule has 112 valence electrons. The second-order valence-electron chi connectivity index (χ2n) is 4.62. The molecule has 0 aliphatic carbocycles. The van der Waals surface area contributed by atoms with Gasteiger partial charge in [0.2, 0.25) is 0 Å². The molecule has 1 aliphatic rings. The number of rotatable bonds is 5. The summed E-state index contributed by atoms with van der Waals surface area (Å²) in [5.74, 6) is 0.696. The van der Waals surface area contributed by atoms with Crippen molar-refractivity contribution in [2.75, 3.05) is 13.8 Å². The average molecular weight is 314 g/mol. The minimum atomic E-state index is -4.26. The highest BCUT2D eigenvalue weighted by Crippen LogP contribution is 2.48. The Morgan fingerprint density at radius 3 is 2.32 bits per heavy atom. The Morgan fingerprint density at radius 2 is 1.84 bits per heavy atom. The van der Waals surface area contributed by atoms with Gasteiger partial charge in [-0.25, -0.2) is 0 Å². The molecule has 1 rings (SSSR count). The Labute approximate surface area is 112 Å². The Balaban J connectivity index is 2.87. The van der Waals surface area contributed by atoms with Crippen molar-refractivity contribution in [3.8, 4) is 0 Å².